The fraction of sp³-hybridized carbons (Fsp3) is 0.0667. The van der Waals surface area contributed by atoms with Crippen LogP contribution in [-0.4, -0.2) is 17.5 Å². The molecule has 0 fully saturated rings. The molecule has 0 unspecified atom stereocenters. The molecule has 0 radical (unpaired) electrons. The molecule has 0 aliphatic heterocycles. The summed E-state index contributed by atoms with van der Waals surface area (Å²) in [5.41, 5.74) is 0.824. The SMILES string of the molecule is O=C(COc1ccccc1F)Nc1nc(-c2cccs2)cs1. The van der Waals surface area contributed by atoms with Crippen molar-refractivity contribution in [3.63, 3.8) is 0 Å². The second-order valence-corrected chi connectivity index (χ2v) is 6.09. The Morgan fingerprint density at radius 2 is 2.09 bits per heavy atom. The molecular weight excluding hydrogens is 323 g/mol. The molecule has 0 saturated carbocycles. The lowest BCUT2D eigenvalue weighted by molar-refractivity contribution is -0.118. The Morgan fingerprint density at radius 3 is 2.86 bits per heavy atom. The number of rotatable bonds is 5. The van der Waals surface area contributed by atoms with Crippen LogP contribution in [0.4, 0.5) is 9.52 Å². The number of nitrogens with zero attached hydrogens (tertiary/aromatic N) is 1. The largest absolute Gasteiger partial charge is 0.481 e. The molecule has 3 aromatic rings. The van der Waals surface area contributed by atoms with E-state index in [4.69, 9.17) is 4.74 Å². The van der Waals surface area contributed by atoms with Gasteiger partial charge < -0.3 is 4.74 Å². The van der Waals surface area contributed by atoms with E-state index in [0.717, 1.165) is 10.6 Å². The van der Waals surface area contributed by atoms with E-state index in [1.807, 2.05) is 22.9 Å². The average Bonchev–Trinajstić information content (AvgIpc) is 3.17. The Morgan fingerprint density at radius 1 is 1.23 bits per heavy atom. The number of hydrogen-bond donors (Lipinski definition) is 1. The van der Waals surface area contributed by atoms with E-state index in [-0.39, 0.29) is 18.3 Å². The van der Waals surface area contributed by atoms with Crippen molar-refractivity contribution in [2.45, 2.75) is 0 Å². The number of nitrogens with one attached hydrogen (secondary N) is 1. The lowest BCUT2D eigenvalue weighted by Gasteiger charge is -2.06. The molecule has 112 valence electrons. The van der Waals surface area contributed by atoms with Gasteiger partial charge in [0.25, 0.3) is 5.91 Å². The number of para-hydroxylation sites is 1. The van der Waals surface area contributed by atoms with Gasteiger partial charge in [-0.15, -0.1) is 22.7 Å². The van der Waals surface area contributed by atoms with Crippen LogP contribution in [0.1, 0.15) is 0 Å². The van der Waals surface area contributed by atoms with Gasteiger partial charge in [-0.25, -0.2) is 9.37 Å². The van der Waals surface area contributed by atoms with Gasteiger partial charge in [-0.1, -0.05) is 18.2 Å². The predicted molar refractivity (Wildman–Crippen MR) is 86.0 cm³/mol. The molecule has 0 aliphatic rings. The van der Waals surface area contributed by atoms with Crippen LogP contribution < -0.4 is 10.1 Å². The van der Waals surface area contributed by atoms with E-state index in [9.17, 15) is 9.18 Å². The van der Waals surface area contributed by atoms with E-state index in [1.54, 1.807) is 23.5 Å². The number of aromatic nitrogens is 1. The van der Waals surface area contributed by atoms with Crippen molar-refractivity contribution >= 4 is 33.7 Å². The highest BCUT2D eigenvalue weighted by Gasteiger charge is 2.10. The summed E-state index contributed by atoms with van der Waals surface area (Å²) in [5.74, 6) is -0.823. The third kappa shape index (κ3) is 3.49. The third-order valence-electron chi connectivity index (χ3n) is 2.72. The van der Waals surface area contributed by atoms with Gasteiger partial charge in [-0.2, -0.15) is 0 Å². The highest BCUT2D eigenvalue weighted by Crippen LogP contribution is 2.28. The molecule has 2 heterocycles. The minimum atomic E-state index is -0.496. The minimum absolute atomic E-state index is 0.0519. The molecule has 1 N–H and O–H groups in total. The first-order valence-corrected chi connectivity index (χ1v) is 8.15. The highest BCUT2D eigenvalue weighted by molar-refractivity contribution is 7.16. The summed E-state index contributed by atoms with van der Waals surface area (Å²) in [6.45, 7) is -0.269. The summed E-state index contributed by atoms with van der Waals surface area (Å²) in [4.78, 5) is 17.2. The number of anilines is 1. The van der Waals surface area contributed by atoms with Crippen LogP contribution in [0, 0.1) is 5.82 Å². The molecule has 1 amide bonds. The zero-order chi connectivity index (χ0) is 15.4. The van der Waals surface area contributed by atoms with Crippen LogP contribution in [0.2, 0.25) is 0 Å². The number of ether oxygens (including phenoxy) is 1. The fourth-order valence-corrected chi connectivity index (χ4v) is 3.22. The summed E-state index contributed by atoms with van der Waals surface area (Å²) in [5, 5.41) is 6.97. The maximum atomic E-state index is 13.4. The standard InChI is InChI=1S/C15H11FN2O2S2/c16-10-4-1-2-5-12(10)20-8-14(19)18-15-17-11(9-22-15)13-6-3-7-21-13/h1-7,9H,8H2,(H,17,18,19). The topological polar surface area (TPSA) is 51.2 Å². The van der Waals surface area contributed by atoms with Gasteiger partial charge in [0.1, 0.15) is 0 Å². The average molecular weight is 334 g/mol. The Hall–Kier alpha value is -2.25. The van der Waals surface area contributed by atoms with Gasteiger partial charge in [0.2, 0.25) is 0 Å². The van der Waals surface area contributed by atoms with Crippen LogP contribution in [0.5, 0.6) is 5.75 Å². The van der Waals surface area contributed by atoms with Gasteiger partial charge in [0, 0.05) is 5.38 Å². The van der Waals surface area contributed by atoms with Gasteiger partial charge >= 0.3 is 0 Å². The summed E-state index contributed by atoms with van der Waals surface area (Å²) < 4.78 is 18.5. The number of carbonyl (C=O) groups is 1. The Labute approximate surface area is 134 Å². The lowest BCUT2D eigenvalue weighted by atomic mass is 10.3. The van der Waals surface area contributed by atoms with E-state index in [2.05, 4.69) is 10.3 Å². The second-order valence-electron chi connectivity index (χ2n) is 4.28. The maximum absolute atomic E-state index is 13.4. The Balaban J connectivity index is 1.57. The van der Waals surface area contributed by atoms with Gasteiger partial charge in [-0.05, 0) is 23.6 Å². The Bertz CT molecular complexity index is 771. The van der Waals surface area contributed by atoms with Gasteiger partial charge in [0.15, 0.2) is 23.3 Å². The van der Waals surface area contributed by atoms with Crippen molar-refractivity contribution in [3.8, 4) is 16.3 Å². The van der Waals surface area contributed by atoms with E-state index >= 15 is 0 Å². The number of halogens is 1. The second kappa shape index (κ2) is 6.67. The molecule has 2 aromatic heterocycles. The first kappa shape index (κ1) is 14.7. The molecule has 0 spiro atoms. The number of thiophene rings is 1. The number of carbonyl (C=O) groups excluding carboxylic acids is 1. The maximum Gasteiger partial charge on any atom is 0.264 e. The number of amides is 1. The zero-order valence-corrected chi connectivity index (χ0v) is 12.9. The molecule has 7 heteroatoms. The van der Waals surface area contributed by atoms with Crippen molar-refractivity contribution < 1.29 is 13.9 Å². The van der Waals surface area contributed by atoms with Crippen LogP contribution in [-0.2, 0) is 4.79 Å². The minimum Gasteiger partial charge on any atom is -0.481 e. The summed E-state index contributed by atoms with van der Waals surface area (Å²) in [6, 6.07) is 9.86. The molecule has 22 heavy (non-hydrogen) atoms. The zero-order valence-electron chi connectivity index (χ0n) is 11.3. The highest BCUT2D eigenvalue weighted by atomic mass is 32.1. The van der Waals surface area contributed by atoms with Gasteiger partial charge in [-0.3, -0.25) is 10.1 Å². The molecular formula is C15H11FN2O2S2. The summed E-state index contributed by atoms with van der Waals surface area (Å²) in [6.07, 6.45) is 0. The fourth-order valence-electron chi connectivity index (χ4n) is 1.73. The van der Waals surface area contributed by atoms with Crippen LogP contribution in [0.25, 0.3) is 10.6 Å². The number of hydrogen-bond acceptors (Lipinski definition) is 5. The van der Waals surface area contributed by atoms with Crippen molar-refractivity contribution in [1.82, 2.24) is 4.98 Å². The van der Waals surface area contributed by atoms with Crippen molar-refractivity contribution in [1.29, 1.82) is 0 Å². The normalized spacial score (nSPS) is 10.4. The summed E-state index contributed by atoms with van der Waals surface area (Å²) >= 11 is 2.92. The lowest BCUT2D eigenvalue weighted by Crippen LogP contribution is -2.20. The molecule has 4 nitrogen and oxygen atoms in total. The van der Waals surface area contributed by atoms with Crippen LogP contribution >= 0.6 is 22.7 Å². The van der Waals surface area contributed by atoms with Crippen LogP contribution in [0.3, 0.4) is 0 Å². The van der Waals surface area contributed by atoms with E-state index in [1.165, 1.54) is 23.5 Å². The van der Waals surface area contributed by atoms with Crippen molar-refractivity contribution in [2.75, 3.05) is 11.9 Å². The Kier molecular flexibility index (Phi) is 4.45. The first-order valence-electron chi connectivity index (χ1n) is 6.39. The smallest absolute Gasteiger partial charge is 0.264 e. The van der Waals surface area contributed by atoms with Crippen LogP contribution in [0.15, 0.2) is 47.2 Å². The molecule has 0 saturated heterocycles. The molecule has 0 bridgehead atoms. The number of benzene rings is 1. The molecule has 1 aromatic carbocycles. The molecule has 0 atom stereocenters. The summed E-state index contributed by atoms with van der Waals surface area (Å²) in [7, 11) is 0. The quantitative estimate of drug-likeness (QED) is 0.766. The monoisotopic (exact) mass is 334 g/mol. The molecule has 0 aliphatic carbocycles. The first-order chi connectivity index (χ1) is 10.7. The van der Waals surface area contributed by atoms with Gasteiger partial charge in [0.05, 0.1) is 10.6 Å². The third-order valence-corrected chi connectivity index (χ3v) is 4.37. The van der Waals surface area contributed by atoms with E-state index in [0.29, 0.717) is 5.13 Å². The van der Waals surface area contributed by atoms with Crippen molar-refractivity contribution in [3.05, 3.63) is 53.0 Å². The van der Waals surface area contributed by atoms with Crippen molar-refractivity contribution in [2.24, 2.45) is 0 Å². The predicted octanol–water partition coefficient (Wildman–Crippen LogP) is 4.03. The number of thiazole rings is 1. The molecule has 3 rings (SSSR count). The van der Waals surface area contributed by atoms with E-state index < -0.39 is 5.82 Å².